The summed E-state index contributed by atoms with van der Waals surface area (Å²) in [5.41, 5.74) is 6.50. The van der Waals surface area contributed by atoms with Gasteiger partial charge >= 0.3 is 5.97 Å². The molecule has 0 fully saturated rings. The van der Waals surface area contributed by atoms with Gasteiger partial charge in [0.05, 0.1) is 11.3 Å². The van der Waals surface area contributed by atoms with Crippen LogP contribution in [0.3, 0.4) is 0 Å². The van der Waals surface area contributed by atoms with E-state index >= 15 is 0 Å². The van der Waals surface area contributed by atoms with Crippen molar-refractivity contribution in [2.24, 2.45) is 0 Å². The summed E-state index contributed by atoms with van der Waals surface area (Å²) in [6.07, 6.45) is -0.0777. The third-order valence-corrected chi connectivity index (χ3v) is 8.27. The minimum Gasteiger partial charge on any atom is -0.481 e. The van der Waals surface area contributed by atoms with Crippen LogP contribution in [-0.4, -0.2) is 23.5 Å². The highest BCUT2D eigenvalue weighted by atomic mass is 32.2. The third-order valence-electron chi connectivity index (χ3n) is 5.73. The summed E-state index contributed by atoms with van der Waals surface area (Å²) in [6, 6.07) is 17.2. The van der Waals surface area contributed by atoms with Crippen molar-refractivity contribution in [3.63, 3.8) is 0 Å². The Labute approximate surface area is 210 Å². The minimum atomic E-state index is -0.921. The molecular formula is C28H33NO3S2. The van der Waals surface area contributed by atoms with Crippen LogP contribution in [0.2, 0.25) is 0 Å². The van der Waals surface area contributed by atoms with Crippen molar-refractivity contribution in [1.29, 1.82) is 0 Å². The molecule has 0 saturated carbocycles. The van der Waals surface area contributed by atoms with Gasteiger partial charge in [-0.3, -0.25) is 9.59 Å². The zero-order valence-electron chi connectivity index (χ0n) is 20.7. The number of nitrogens with one attached hydrogen (secondary N) is 1. The lowest BCUT2D eigenvalue weighted by atomic mass is 9.85. The smallest absolute Gasteiger partial charge is 0.305 e. The highest BCUT2D eigenvalue weighted by Crippen LogP contribution is 2.40. The van der Waals surface area contributed by atoms with Crippen molar-refractivity contribution >= 4 is 35.0 Å². The van der Waals surface area contributed by atoms with Gasteiger partial charge in [-0.25, -0.2) is 0 Å². The lowest BCUT2D eigenvalue weighted by Crippen LogP contribution is -2.25. The first kappa shape index (κ1) is 26.0. The fourth-order valence-electron chi connectivity index (χ4n) is 3.91. The lowest BCUT2D eigenvalue weighted by Gasteiger charge is -2.20. The standard InChI is InChI=1S/C28H33NO3S2/c1-17-15-22(16-18(2)26(17)20-7-9-21(10-8-20)28(4,5)6)33-19(3)23-11-12-24(34-23)27(32)29-14-13-25(30)31/h7-12,15-16,19H,13-14H2,1-6H3,(H,29,32)(H,30,31)/t19-/m1/s1. The van der Waals surface area contributed by atoms with Crippen molar-refractivity contribution in [2.75, 3.05) is 6.54 Å². The molecule has 0 spiro atoms. The van der Waals surface area contributed by atoms with Gasteiger partial charge in [0, 0.05) is 21.6 Å². The van der Waals surface area contributed by atoms with E-state index in [-0.39, 0.29) is 29.5 Å². The van der Waals surface area contributed by atoms with Crippen molar-refractivity contribution in [1.82, 2.24) is 5.32 Å². The molecule has 3 rings (SSSR count). The molecular weight excluding hydrogens is 462 g/mol. The largest absolute Gasteiger partial charge is 0.481 e. The van der Waals surface area contributed by atoms with E-state index in [1.807, 2.05) is 12.1 Å². The monoisotopic (exact) mass is 495 g/mol. The molecule has 6 heteroatoms. The Morgan fingerprint density at radius 2 is 1.65 bits per heavy atom. The number of benzene rings is 2. The highest BCUT2D eigenvalue weighted by Gasteiger charge is 2.17. The number of carboxylic acids is 1. The van der Waals surface area contributed by atoms with E-state index in [0.717, 1.165) is 4.88 Å². The topological polar surface area (TPSA) is 66.4 Å². The van der Waals surface area contributed by atoms with Gasteiger partial charge in [0.15, 0.2) is 0 Å². The number of aryl methyl sites for hydroxylation is 2. The lowest BCUT2D eigenvalue weighted by molar-refractivity contribution is -0.136. The molecule has 2 N–H and O–H groups in total. The summed E-state index contributed by atoms with van der Waals surface area (Å²) in [4.78, 5) is 25.8. The molecule has 0 aliphatic heterocycles. The van der Waals surface area contributed by atoms with Crippen molar-refractivity contribution < 1.29 is 14.7 Å². The molecule has 1 heterocycles. The van der Waals surface area contributed by atoms with Crippen LogP contribution in [0.1, 0.15) is 70.6 Å². The number of thioether (sulfide) groups is 1. The van der Waals surface area contributed by atoms with Crippen LogP contribution in [0.25, 0.3) is 11.1 Å². The Morgan fingerprint density at radius 3 is 2.21 bits per heavy atom. The van der Waals surface area contributed by atoms with E-state index in [2.05, 4.69) is 83.3 Å². The molecule has 0 bridgehead atoms. The van der Waals surface area contributed by atoms with E-state index in [0.29, 0.717) is 4.88 Å². The molecule has 0 unspecified atom stereocenters. The first-order chi connectivity index (χ1) is 16.0. The molecule has 0 radical (unpaired) electrons. The molecule has 4 nitrogen and oxygen atoms in total. The summed E-state index contributed by atoms with van der Waals surface area (Å²) in [6.45, 7) is 13.3. The van der Waals surface area contributed by atoms with Gasteiger partial charge in [-0.2, -0.15) is 0 Å². The quantitative estimate of drug-likeness (QED) is 0.320. The number of carboxylic acid groups (broad SMARTS) is 1. The summed E-state index contributed by atoms with van der Waals surface area (Å²) >= 11 is 3.24. The Kier molecular flexibility index (Phi) is 8.26. The summed E-state index contributed by atoms with van der Waals surface area (Å²) in [7, 11) is 0. The zero-order chi connectivity index (χ0) is 25.0. The van der Waals surface area contributed by atoms with Gasteiger partial charge in [0.1, 0.15) is 0 Å². The van der Waals surface area contributed by atoms with Crippen molar-refractivity contribution in [2.45, 2.75) is 63.5 Å². The number of thiophene rings is 1. The van der Waals surface area contributed by atoms with Crippen LogP contribution >= 0.6 is 23.1 Å². The number of hydrogen-bond donors (Lipinski definition) is 2. The zero-order valence-corrected chi connectivity index (χ0v) is 22.3. The van der Waals surface area contributed by atoms with Crippen molar-refractivity contribution in [3.05, 3.63) is 75.0 Å². The predicted molar refractivity (Wildman–Crippen MR) is 143 cm³/mol. The normalized spacial score (nSPS) is 12.4. The maximum atomic E-state index is 12.3. The summed E-state index contributed by atoms with van der Waals surface area (Å²) in [5.74, 6) is -1.14. The fourth-order valence-corrected chi connectivity index (χ4v) is 6.15. The average molecular weight is 496 g/mol. The molecule has 180 valence electrons. The highest BCUT2D eigenvalue weighted by molar-refractivity contribution is 7.99. The first-order valence-corrected chi connectivity index (χ1v) is 13.1. The van der Waals surface area contributed by atoms with E-state index in [1.165, 1.54) is 44.0 Å². The van der Waals surface area contributed by atoms with Gasteiger partial charge in [-0.1, -0.05) is 45.0 Å². The van der Waals surface area contributed by atoms with E-state index < -0.39 is 5.97 Å². The third kappa shape index (κ3) is 6.51. The Hall–Kier alpha value is -2.57. The molecule has 34 heavy (non-hydrogen) atoms. The van der Waals surface area contributed by atoms with E-state index in [1.54, 1.807) is 11.8 Å². The number of amides is 1. The molecule has 1 amide bonds. The molecule has 2 aromatic carbocycles. The number of carbonyl (C=O) groups excluding carboxylic acids is 1. The maximum absolute atomic E-state index is 12.3. The van der Waals surface area contributed by atoms with E-state index in [9.17, 15) is 9.59 Å². The molecule has 0 saturated heterocycles. The minimum absolute atomic E-state index is 0.0777. The number of aliphatic carboxylic acids is 1. The van der Waals surface area contributed by atoms with Crippen LogP contribution in [0, 0.1) is 13.8 Å². The summed E-state index contributed by atoms with van der Waals surface area (Å²) < 4.78 is 0. The van der Waals surface area contributed by atoms with Crippen LogP contribution in [0.4, 0.5) is 0 Å². The number of carbonyl (C=O) groups is 2. The van der Waals surface area contributed by atoms with Crippen molar-refractivity contribution in [3.8, 4) is 11.1 Å². The Morgan fingerprint density at radius 1 is 1.03 bits per heavy atom. The van der Waals surface area contributed by atoms with Gasteiger partial charge < -0.3 is 10.4 Å². The van der Waals surface area contributed by atoms with Crippen LogP contribution in [0.5, 0.6) is 0 Å². The average Bonchev–Trinajstić information content (AvgIpc) is 3.23. The second kappa shape index (κ2) is 10.8. The fraction of sp³-hybridized carbons (Fsp3) is 0.357. The summed E-state index contributed by atoms with van der Waals surface area (Å²) in [5, 5.41) is 11.6. The number of rotatable bonds is 8. The molecule has 1 aromatic heterocycles. The van der Waals surface area contributed by atoms with Gasteiger partial charge in [0.25, 0.3) is 5.91 Å². The molecule has 1 atom stereocenters. The Balaban J connectivity index is 1.71. The van der Waals surface area contributed by atoms with E-state index in [4.69, 9.17) is 5.11 Å². The van der Waals surface area contributed by atoms with Gasteiger partial charge in [-0.05, 0) is 78.3 Å². The molecule has 3 aromatic rings. The second-order valence-electron chi connectivity index (χ2n) is 9.62. The van der Waals surface area contributed by atoms with Gasteiger partial charge in [-0.15, -0.1) is 23.1 Å². The molecule has 0 aliphatic rings. The van der Waals surface area contributed by atoms with Crippen LogP contribution in [-0.2, 0) is 10.2 Å². The number of hydrogen-bond acceptors (Lipinski definition) is 4. The van der Waals surface area contributed by atoms with Gasteiger partial charge in [0.2, 0.25) is 0 Å². The van der Waals surface area contributed by atoms with Crippen LogP contribution in [0.15, 0.2) is 53.4 Å². The predicted octanol–water partition coefficient (Wildman–Crippen LogP) is 7.39. The second-order valence-corrected chi connectivity index (χ2v) is 12.2. The maximum Gasteiger partial charge on any atom is 0.305 e. The van der Waals surface area contributed by atoms with Crippen LogP contribution < -0.4 is 5.32 Å². The Bertz CT molecular complexity index is 1150. The first-order valence-electron chi connectivity index (χ1n) is 11.4. The molecule has 0 aliphatic carbocycles. The SMILES string of the molecule is Cc1cc(S[C@H](C)c2ccc(C(=O)NCCC(=O)O)s2)cc(C)c1-c1ccc(C(C)(C)C)cc1.